The standard InChI is InChI=1S/C16H22F5P/c1-7-15(3,4)22(16(5,6)8-2)14-12(20)10(18)9(17)11(19)13(14)21/h7-8H2,1-6H3. The van der Waals surface area contributed by atoms with Crippen LogP contribution in [0.25, 0.3) is 0 Å². The number of rotatable bonds is 5. The molecule has 0 heterocycles. The third kappa shape index (κ3) is 3.15. The van der Waals surface area contributed by atoms with Gasteiger partial charge in [0.2, 0.25) is 5.82 Å². The fraction of sp³-hybridized carbons (Fsp3) is 0.625. The number of halogens is 5. The molecule has 22 heavy (non-hydrogen) atoms. The molecule has 126 valence electrons. The zero-order chi connectivity index (χ0) is 17.5. The van der Waals surface area contributed by atoms with E-state index < -0.39 is 52.6 Å². The van der Waals surface area contributed by atoms with Crippen molar-refractivity contribution in [2.24, 2.45) is 0 Å². The summed E-state index contributed by atoms with van der Waals surface area (Å²) < 4.78 is 69.1. The van der Waals surface area contributed by atoms with Gasteiger partial charge in [0, 0.05) is 0 Å². The second kappa shape index (κ2) is 6.43. The maximum Gasteiger partial charge on any atom is 0.200 e. The van der Waals surface area contributed by atoms with E-state index in [0.29, 0.717) is 12.8 Å². The Morgan fingerprint density at radius 3 is 1.18 bits per heavy atom. The van der Waals surface area contributed by atoms with Gasteiger partial charge in [0.15, 0.2) is 23.3 Å². The highest BCUT2D eigenvalue weighted by Crippen LogP contribution is 2.61. The average Bonchev–Trinajstić information content (AvgIpc) is 2.46. The van der Waals surface area contributed by atoms with E-state index >= 15 is 0 Å². The van der Waals surface area contributed by atoms with E-state index in [1.54, 1.807) is 0 Å². The monoisotopic (exact) mass is 340 g/mol. The van der Waals surface area contributed by atoms with Crippen LogP contribution < -0.4 is 5.30 Å². The third-order valence-corrected chi connectivity index (χ3v) is 8.24. The summed E-state index contributed by atoms with van der Waals surface area (Å²) in [5.74, 6) is -9.20. The molecular weight excluding hydrogens is 318 g/mol. The van der Waals surface area contributed by atoms with Gasteiger partial charge in [0.25, 0.3) is 0 Å². The Kier molecular flexibility index (Phi) is 5.65. The van der Waals surface area contributed by atoms with Crippen molar-refractivity contribution in [3.63, 3.8) is 0 Å². The van der Waals surface area contributed by atoms with Crippen molar-refractivity contribution in [3.8, 4) is 0 Å². The Labute approximate surface area is 129 Å². The van der Waals surface area contributed by atoms with Gasteiger partial charge in [-0.3, -0.25) is 0 Å². The van der Waals surface area contributed by atoms with Gasteiger partial charge in [-0.15, -0.1) is 0 Å². The number of hydrogen-bond donors (Lipinski definition) is 0. The van der Waals surface area contributed by atoms with E-state index in [1.165, 1.54) is 0 Å². The van der Waals surface area contributed by atoms with Crippen LogP contribution in [0.4, 0.5) is 22.0 Å². The Bertz CT molecular complexity index is 521. The van der Waals surface area contributed by atoms with Gasteiger partial charge in [-0.2, -0.15) is 0 Å². The molecule has 0 N–H and O–H groups in total. The zero-order valence-electron chi connectivity index (χ0n) is 13.8. The molecule has 0 aliphatic rings. The smallest absolute Gasteiger partial charge is 0.200 e. The summed E-state index contributed by atoms with van der Waals surface area (Å²) in [4.78, 5) is 0. The first-order chi connectivity index (χ1) is 9.92. The van der Waals surface area contributed by atoms with Crippen LogP contribution in [0.15, 0.2) is 0 Å². The highest BCUT2D eigenvalue weighted by molar-refractivity contribution is 7.68. The molecule has 0 aliphatic heterocycles. The van der Waals surface area contributed by atoms with Crippen LogP contribution in [0.2, 0.25) is 0 Å². The molecule has 1 rings (SSSR count). The Balaban J connectivity index is 3.80. The molecule has 0 aromatic heterocycles. The molecule has 1 aromatic rings. The Morgan fingerprint density at radius 2 is 0.909 bits per heavy atom. The zero-order valence-corrected chi connectivity index (χ0v) is 14.6. The summed E-state index contributed by atoms with van der Waals surface area (Å²) in [6.45, 7) is 11.0. The van der Waals surface area contributed by atoms with Crippen LogP contribution in [0.3, 0.4) is 0 Å². The minimum Gasteiger partial charge on any atom is -0.203 e. The molecule has 0 atom stereocenters. The molecular formula is C16H22F5P. The van der Waals surface area contributed by atoms with E-state index in [0.717, 1.165) is 0 Å². The molecule has 0 fully saturated rings. The van der Waals surface area contributed by atoms with Crippen molar-refractivity contribution in [1.82, 2.24) is 0 Å². The highest BCUT2D eigenvalue weighted by Gasteiger charge is 2.44. The maximum atomic E-state index is 14.3. The van der Waals surface area contributed by atoms with Gasteiger partial charge < -0.3 is 0 Å². The highest BCUT2D eigenvalue weighted by atomic mass is 31.1. The predicted molar refractivity (Wildman–Crippen MR) is 81.5 cm³/mol. The average molecular weight is 340 g/mol. The van der Waals surface area contributed by atoms with Gasteiger partial charge in [-0.25, -0.2) is 22.0 Å². The lowest BCUT2D eigenvalue weighted by Gasteiger charge is -2.45. The number of benzene rings is 1. The van der Waals surface area contributed by atoms with Crippen LogP contribution >= 0.6 is 7.92 Å². The molecule has 0 unspecified atom stereocenters. The number of hydrogen-bond acceptors (Lipinski definition) is 0. The van der Waals surface area contributed by atoms with Crippen molar-refractivity contribution in [2.75, 3.05) is 0 Å². The molecule has 0 nitrogen and oxygen atoms in total. The molecule has 6 heteroatoms. The minimum absolute atomic E-state index is 0.562. The molecule has 0 saturated carbocycles. The topological polar surface area (TPSA) is 0 Å². The van der Waals surface area contributed by atoms with Crippen molar-refractivity contribution in [1.29, 1.82) is 0 Å². The van der Waals surface area contributed by atoms with E-state index in [9.17, 15) is 22.0 Å². The summed E-state index contributed by atoms with van der Waals surface area (Å²) in [6, 6.07) is 0. The SMILES string of the molecule is CCC(C)(C)P(c1c(F)c(F)c(F)c(F)c1F)C(C)(C)CC. The summed E-state index contributed by atoms with van der Waals surface area (Å²) in [5, 5.41) is -1.76. The van der Waals surface area contributed by atoms with Gasteiger partial charge in [-0.05, 0) is 23.2 Å². The second-order valence-corrected chi connectivity index (χ2v) is 10.1. The van der Waals surface area contributed by atoms with Gasteiger partial charge >= 0.3 is 0 Å². The molecule has 0 radical (unpaired) electrons. The van der Waals surface area contributed by atoms with Crippen molar-refractivity contribution < 1.29 is 22.0 Å². The molecule has 0 amide bonds. The van der Waals surface area contributed by atoms with Gasteiger partial charge in [0.05, 0.1) is 5.30 Å². The fourth-order valence-corrected chi connectivity index (χ4v) is 6.60. The van der Waals surface area contributed by atoms with Gasteiger partial charge in [-0.1, -0.05) is 49.5 Å². The summed E-state index contributed by atoms with van der Waals surface area (Å²) in [5.41, 5.74) is 0. The second-order valence-electron chi connectivity index (χ2n) is 6.59. The Morgan fingerprint density at radius 1 is 0.636 bits per heavy atom. The van der Waals surface area contributed by atoms with E-state index in [1.807, 2.05) is 41.5 Å². The minimum atomic E-state index is -2.10. The van der Waals surface area contributed by atoms with Crippen LogP contribution in [-0.4, -0.2) is 10.3 Å². The Hall–Kier alpha value is -0.700. The first-order valence-corrected chi connectivity index (χ1v) is 8.58. The molecule has 0 spiro atoms. The van der Waals surface area contributed by atoms with Crippen molar-refractivity contribution >= 4 is 13.2 Å². The summed E-state index contributed by atoms with van der Waals surface area (Å²) in [6.07, 6.45) is 1.14. The molecule has 0 bridgehead atoms. The van der Waals surface area contributed by atoms with Crippen LogP contribution in [-0.2, 0) is 0 Å². The fourth-order valence-electron chi connectivity index (χ4n) is 2.53. The van der Waals surface area contributed by atoms with Crippen LogP contribution in [0.1, 0.15) is 54.4 Å². The predicted octanol–water partition coefficient (Wildman–Crippen LogP) is 5.87. The summed E-state index contributed by atoms with van der Waals surface area (Å²) in [7, 11) is -1.63. The molecule has 0 aliphatic carbocycles. The van der Waals surface area contributed by atoms with E-state index in [-0.39, 0.29) is 0 Å². The maximum absolute atomic E-state index is 14.3. The molecule has 0 saturated heterocycles. The van der Waals surface area contributed by atoms with Gasteiger partial charge in [0.1, 0.15) is 0 Å². The lowest BCUT2D eigenvalue weighted by atomic mass is 10.1. The quantitative estimate of drug-likeness (QED) is 0.272. The van der Waals surface area contributed by atoms with Crippen molar-refractivity contribution in [2.45, 2.75) is 64.7 Å². The van der Waals surface area contributed by atoms with E-state index in [4.69, 9.17) is 0 Å². The van der Waals surface area contributed by atoms with Crippen molar-refractivity contribution in [3.05, 3.63) is 29.1 Å². The van der Waals surface area contributed by atoms with E-state index in [2.05, 4.69) is 0 Å². The largest absolute Gasteiger partial charge is 0.203 e. The lowest BCUT2D eigenvalue weighted by Crippen LogP contribution is -2.38. The first-order valence-electron chi connectivity index (χ1n) is 7.24. The lowest BCUT2D eigenvalue weighted by molar-refractivity contribution is 0.383. The first kappa shape index (κ1) is 19.3. The van der Waals surface area contributed by atoms with Crippen LogP contribution in [0.5, 0.6) is 0 Å². The molecule has 1 aromatic carbocycles. The summed E-state index contributed by atoms with van der Waals surface area (Å²) >= 11 is 0. The normalized spacial score (nSPS) is 13.1. The third-order valence-electron chi connectivity index (χ3n) is 4.35. The van der Waals surface area contributed by atoms with Crippen LogP contribution in [0, 0.1) is 29.1 Å².